The number of imide groups is 1. The molecule has 0 radical (unpaired) electrons. The van der Waals surface area contributed by atoms with Crippen molar-refractivity contribution >= 4 is 27.7 Å². The number of carbonyl (C=O) groups is 2. The third-order valence-electron chi connectivity index (χ3n) is 2.93. The van der Waals surface area contributed by atoms with Crippen molar-refractivity contribution in [3.8, 4) is 0 Å². The highest BCUT2D eigenvalue weighted by Crippen LogP contribution is 2.18. The Morgan fingerprint density at radius 3 is 2.83 bits per heavy atom. The van der Waals surface area contributed by atoms with Gasteiger partial charge in [-0.05, 0) is 23.8 Å². The standard InChI is InChI=1S/C12H12BrFN2O2/c1-16-11(17)5-10(12(16)18)15-6-7-4-8(14)2-3-9(7)13/h2-4,10,15H,5-6H2,1H3. The van der Waals surface area contributed by atoms with Crippen LogP contribution in [0.5, 0.6) is 0 Å². The molecule has 6 heteroatoms. The van der Waals surface area contributed by atoms with Crippen LogP contribution >= 0.6 is 15.9 Å². The molecule has 1 N–H and O–H groups in total. The average molecular weight is 315 g/mol. The van der Waals surface area contributed by atoms with Gasteiger partial charge in [-0.25, -0.2) is 4.39 Å². The molecule has 0 saturated carbocycles. The first-order valence-electron chi connectivity index (χ1n) is 5.46. The Morgan fingerprint density at radius 1 is 1.50 bits per heavy atom. The van der Waals surface area contributed by atoms with Crippen molar-refractivity contribution in [2.24, 2.45) is 0 Å². The molecule has 1 saturated heterocycles. The molecule has 1 unspecified atom stereocenters. The number of likely N-dealkylation sites (N-methyl/N-ethyl adjacent to an activating group) is 1. The summed E-state index contributed by atoms with van der Waals surface area (Å²) in [6.45, 7) is 0.329. The summed E-state index contributed by atoms with van der Waals surface area (Å²) in [5.41, 5.74) is 0.713. The van der Waals surface area contributed by atoms with E-state index in [9.17, 15) is 14.0 Å². The van der Waals surface area contributed by atoms with E-state index >= 15 is 0 Å². The second-order valence-electron chi connectivity index (χ2n) is 4.16. The third-order valence-corrected chi connectivity index (χ3v) is 3.70. The summed E-state index contributed by atoms with van der Waals surface area (Å²) >= 11 is 3.31. The normalized spacial score (nSPS) is 19.7. The zero-order valence-corrected chi connectivity index (χ0v) is 11.3. The number of nitrogens with one attached hydrogen (secondary N) is 1. The minimum Gasteiger partial charge on any atom is -0.301 e. The van der Waals surface area contributed by atoms with E-state index in [4.69, 9.17) is 0 Å². The summed E-state index contributed by atoms with van der Waals surface area (Å²) in [6, 6.07) is 3.84. The molecule has 0 bridgehead atoms. The number of benzene rings is 1. The van der Waals surface area contributed by atoms with Crippen LogP contribution < -0.4 is 5.32 Å². The molecular weight excluding hydrogens is 303 g/mol. The summed E-state index contributed by atoms with van der Waals surface area (Å²) in [6.07, 6.45) is 0.155. The van der Waals surface area contributed by atoms with Gasteiger partial charge in [0.15, 0.2) is 0 Å². The summed E-state index contributed by atoms with van der Waals surface area (Å²) in [4.78, 5) is 24.1. The van der Waals surface area contributed by atoms with Crippen molar-refractivity contribution in [3.63, 3.8) is 0 Å². The number of hydrogen-bond donors (Lipinski definition) is 1. The van der Waals surface area contributed by atoms with E-state index < -0.39 is 6.04 Å². The van der Waals surface area contributed by atoms with E-state index in [0.717, 1.165) is 9.37 Å². The molecule has 1 fully saturated rings. The van der Waals surface area contributed by atoms with Crippen molar-refractivity contribution in [1.29, 1.82) is 0 Å². The van der Waals surface area contributed by atoms with Crippen LogP contribution in [0.15, 0.2) is 22.7 Å². The molecule has 1 heterocycles. The number of halogens is 2. The molecule has 2 rings (SSSR count). The van der Waals surface area contributed by atoms with Gasteiger partial charge in [-0.1, -0.05) is 15.9 Å². The summed E-state index contributed by atoms with van der Waals surface area (Å²) in [7, 11) is 1.46. The van der Waals surface area contributed by atoms with Gasteiger partial charge in [0.2, 0.25) is 11.8 Å². The molecule has 1 aromatic rings. The van der Waals surface area contributed by atoms with Gasteiger partial charge in [-0.3, -0.25) is 14.5 Å². The van der Waals surface area contributed by atoms with Gasteiger partial charge in [0, 0.05) is 18.1 Å². The second kappa shape index (κ2) is 5.16. The maximum absolute atomic E-state index is 13.1. The highest BCUT2D eigenvalue weighted by molar-refractivity contribution is 9.10. The lowest BCUT2D eigenvalue weighted by molar-refractivity contribution is -0.137. The van der Waals surface area contributed by atoms with E-state index in [1.54, 1.807) is 6.07 Å². The van der Waals surface area contributed by atoms with Crippen molar-refractivity contribution in [3.05, 3.63) is 34.1 Å². The molecule has 18 heavy (non-hydrogen) atoms. The predicted octanol–water partition coefficient (Wildman–Crippen LogP) is 1.44. The summed E-state index contributed by atoms with van der Waals surface area (Å²) < 4.78 is 13.8. The molecule has 0 aromatic heterocycles. The maximum Gasteiger partial charge on any atom is 0.246 e. The van der Waals surface area contributed by atoms with E-state index in [1.165, 1.54) is 19.2 Å². The Bertz CT molecular complexity index is 507. The van der Waals surface area contributed by atoms with Crippen LogP contribution in [0.1, 0.15) is 12.0 Å². The lowest BCUT2D eigenvalue weighted by Crippen LogP contribution is -2.36. The van der Waals surface area contributed by atoms with Crippen molar-refractivity contribution in [1.82, 2.24) is 10.2 Å². The third kappa shape index (κ3) is 2.59. The van der Waals surface area contributed by atoms with Crippen LogP contribution in [-0.2, 0) is 16.1 Å². The van der Waals surface area contributed by atoms with E-state index in [-0.39, 0.29) is 24.1 Å². The van der Waals surface area contributed by atoms with Gasteiger partial charge in [0.1, 0.15) is 5.82 Å². The zero-order valence-electron chi connectivity index (χ0n) is 9.74. The number of rotatable bonds is 3. The van der Waals surface area contributed by atoms with Gasteiger partial charge in [0.05, 0.1) is 12.5 Å². The number of hydrogen-bond acceptors (Lipinski definition) is 3. The Morgan fingerprint density at radius 2 is 2.22 bits per heavy atom. The smallest absolute Gasteiger partial charge is 0.246 e. The van der Waals surface area contributed by atoms with Crippen molar-refractivity contribution in [2.45, 2.75) is 19.0 Å². The fraction of sp³-hybridized carbons (Fsp3) is 0.333. The van der Waals surface area contributed by atoms with Crippen molar-refractivity contribution < 1.29 is 14.0 Å². The van der Waals surface area contributed by atoms with Gasteiger partial charge >= 0.3 is 0 Å². The minimum atomic E-state index is -0.516. The van der Waals surface area contributed by atoms with Gasteiger partial charge in [0.25, 0.3) is 0 Å². The lowest BCUT2D eigenvalue weighted by Gasteiger charge is -2.12. The lowest BCUT2D eigenvalue weighted by atomic mass is 10.2. The average Bonchev–Trinajstić information content (AvgIpc) is 2.58. The monoisotopic (exact) mass is 314 g/mol. The number of amides is 2. The van der Waals surface area contributed by atoms with Crippen LogP contribution in [0.3, 0.4) is 0 Å². The molecule has 1 aromatic carbocycles. The first kappa shape index (κ1) is 13.2. The first-order valence-corrected chi connectivity index (χ1v) is 6.26. The Balaban J connectivity index is 2.02. The quantitative estimate of drug-likeness (QED) is 0.859. The molecule has 1 atom stereocenters. The van der Waals surface area contributed by atoms with E-state index in [1.807, 2.05) is 0 Å². The first-order chi connectivity index (χ1) is 8.49. The van der Waals surface area contributed by atoms with Gasteiger partial charge in [-0.2, -0.15) is 0 Å². The topological polar surface area (TPSA) is 49.4 Å². The number of nitrogens with zero attached hydrogens (tertiary/aromatic N) is 1. The number of likely N-dealkylation sites (tertiary alicyclic amines) is 1. The largest absolute Gasteiger partial charge is 0.301 e. The summed E-state index contributed by atoms with van der Waals surface area (Å²) in [5.74, 6) is -0.774. The Labute approximate surface area is 112 Å². The van der Waals surface area contributed by atoms with Gasteiger partial charge in [-0.15, -0.1) is 0 Å². The fourth-order valence-corrected chi connectivity index (χ4v) is 2.21. The van der Waals surface area contributed by atoms with Crippen LogP contribution in [0.4, 0.5) is 4.39 Å². The molecule has 1 aliphatic heterocycles. The van der Waals surface area contributed by atoms with E-state index in [2.05, 4.69) is 21.2 Å². The minimum absolute atomic E-state index is 0.155. The Kier molecular flexibility index (Phi) is 3.77. The predicted molar refractivity (Wildman–Crippen MR) is 67.1 cm³/mol. The Hall–Kier alpha value is -1.27. The van der Waals surface area contributed by atoms with Crippen LogP contribution in [0, 0.1) is 5.82 Å². The molecule has 0 spiro atoms. The highest BCUT2D eigenvalue weighted by atomic mass is 79.9. The molecule has 2 amide bonds. The molecule has 4 nitrogen and oxygen atoms in total. The van der Waals surface area contributed by atoms with Crippen LogP contribution in [0.2, 0.25) is 0 Å². The molecule has 0 aliphatic carbocycles. The number of carbonyl (C=O) groups excluding carboxylic acids is 2. The summed E-state index contributed by atoms with van der Waals surface area (Å²) in [5, 5.41) is 2.97. The fourth-order valence-electron chi connectivity index (χ4n) is 1.83. The maximum atomic E-state index is 13.1. The molecule has 96 valence electrons. The second-order valence-corrected chi connectivity index (χ2v) is 5.02. The highest BCUT2D eigenvalue weighted by Gasteiger charge is 2.35. The SMILES string of the molecule is CN1C(=O)CC(NCc2cc(F)ccc2Br)C1=O. The van der Waals surface area contributed by atoms with Crippen LogP contribution in [0.25, 0.3) is 0 Å². The van der Waals surface area contributed by atoms with E-state index in [0.29, 0.717) is 12.1 Å². The zero-order chi connectivity index (χ0) is 13.3. The van der Waals surface area contributed by atoms with Crippen LogP contribution in [-0.4, -0.2) is 29.8 Å². The molecular formula is C12H12BrFN2O2. The van der Waals surface area contributed by atoms with Gasteiger partial charge < -0.3 is 5.32 Å². The van der Waals surface area contributed by atoms with Crippen molar-refractivity contribution in [2.75, 3.05) is 7.05 Å². The molecule has 1 aliphatic rings.